The molecule has 2 atom stereocenters. The van der Waals surface area contributed by atoms with Crippen molar-refractivity contribution in [1.82, 2.24) is 4.98 Å². The van der Waals surface area contributed by atoms with E-state index in [-0.39, 0.29) is 5.91 Å². The van der Waals surface area contributed by atoms with Crippen LogP contribution in [0.3, 0.4) is 0 Å². The van der Waals surface area contributed by atoms with E-state index in [1.165, 1.54) is 11.3 Å². The maximum absolute atomic E-state index is 12.9. The highest BCUT2D eigenvalue weighted by atomic mass is 32.1. The molecule has 0 radical (unpaired) electrons. The van der Waals surface area contributed by atoms with Crippen LogP contribution in [0.5, 0.6) is 0 Å². The maximum atomic E-state index is 12.9. The second-order valence-electron chi connectivity index (χ2n) is 5.97. The van der Waals surface area contributed by atoms with Crippen molar-refractivity contribution in [1.29, 1.82) is 0 Å². The average molecular weight is 344 g/mol. The average Bonchev–Trinajstić information content (AvgIpc) is 3.15. The normalized spacial score (nSPS) is 19.4. The molecule has 3 aromatic rings. The topological polar surface area (TPSA) is 66.1 Å². The molecule has 0 spiro atoms. The van der Waals surface area contributed by atoms with Gasteiger partial charge in [-0.25, -0.2) is 9.37 Å². The Labute approximate surface area is 141 Å². The number of pyridine rings is 1. The highest BCUT2D eigenvalue weighted by Crippen LogP contribution is 2.36. The number of aryl methyl sites for hydroxylation is 1. The first kappa shape index (κ1) is 15.0. The molecule has 0 saturated heterocycles. The molecule has 1 fully saturated rings. The Bertz CT molecular complexity index is 956. The quantitative estimate of drug-likeness (QED) is 0.567. The number of hydrogen-bond donors (Lipinski definition) is 2. The van der Waals surface area contributed by atoms with Gasteiger partial charge in [0.25, 0.3) is 0 Å². The summed E-state index contributed by atoms with van der Waals surface area (Å²) in [6.45, 7) is 1.97. The van der Waals surface area contributed by atoms with E-state index in [2.05, 4.69) is 10.3 Å². The first-order valence-corrected chi connectivity index (χ1v) is 8.40. The van der Waals surface area contributed by atoms with Gasteiger partial charge in [0.1, 0.15) is 6.17 Å². The Morgan fingerprint density at radius 2 is 2.25 bits per heavy atom. The van der Waals surface area contributed by atoms with Gasteiger partial charge >= 0.3 is 0 Å². The van der Waals surface area contributed by atoms with E-state index in [1.54, 1.807) is 12.4 Å². The molecule has 1 aliphatic rings. The Kier molecular flexibility index (Phi) is 3.45. The molecule has 0 bridgehead atoms. The number of nitrogens with zero attached hydrogens (tertiary/aromatic N) is 2. The number of thiazole rings is 1. The summed E-state index contributed by atoms with van der Waals surface area (Å²) in [5.74, 6) is -0.832. The largest absolute Gasteiger partial charge is 0.302 e. The summed E-state index contributed by atoms with van der Waals surface area (Å²) in [5.41, 5.74) is 3.69. The first-order chi connectivity index (χ1) is 11.5. The van der Waals surface area contributed by atoms with Crippen LogP contribution >= 0.6 is 11.3 Å². The second-order valence-corrected chi connectivity index (χ2v) is 7.00. The molecular formula is C17H15FN3O2S+. The molecule has 1 amide bonds. The lowest BCUT2D eigenvalue weighted by molar-refractivity contribution is -0.904. The molecule has 1 saturated carbocycles. The van der Waals surface area contributed by atoms with E-state index in [0.717, 1.165) is 31.6 Å². The molecule has 0 aliphatic heterocycles. The maximum Gasteiger partial charge on any atom is 0.232 e. The van der Waals surface area contributed by atoms with Gasteiger partial charge in [-0.15, -0.1) is 0 Å². The van der Waals surface area contributed by atoms with Crippen LogP contribution in [0.4, 0.5) is 9.52 Å². The van der Waals surface area contributed by atoms with Gasteiger partial charge in [0.2, 0.25) is 18.3 Å². The Balaban J connectivity index is 1.66. The molecule has 24 heavy (non-hydrogen) atoms. The first-order valence-electron chi connectivity index (χ1n) is 7.58. The predicted octanol–water partition coefficient (Wildman–Crippen LogP) is 3.09. The molecule has 2 N–H and O–H groups in total. The van der Waals surface area contributed by atoms with Crippen molar-refractivity contribution in [2.45, 2.75) is 19.5 Å². The van der Waals surface area contributed by atoms with Crippen molar-refractivity contribution >= 4 is 32.6 Å². The third-order valence-electron chi connectivity index (χ3n) is 4.14. The van der Waals surface area contributed by atoms with Gasteiger partial charge in [-0.05, 0) is 36.6 Å². The summed E-state index contributed by atoms with van der Waals surface area (Å²) < 4.78 is 14.9. The van der Waals surface area contributed by atoms with Crippen LogP contribution in [0.1, 0.15) is 12.0 Å². The number of carbonyl (C=O) groups is 1. The molecule has 0 unspecified atom stereocenters. The van der Waals surface area contributed by atoms with E-state index >= 15 is 0 Å². The summed E-state index contributed by atoms with van der Waals surface area (Å²) in [6, 6.07) is 7.61. The molecule has 2 aromatic heterocycles. The van der Waals surface area contributed by atoms with E-state index in [4.69, 9.17) is 0 Å². The summed E-state index contributed by atoms with van der Waals surface area (Å²) in [4.78, 5) is 16.2. The van der Waals surface area contributed by atoms with Crippen molar-refractivity contribution in [2.75, 3.05) is 5.32 Å². The summed E-state index contributed by atoms with van der Waals surface area (Å²) >= 11 is 1.36. The fourth-order valence-electron chi connectivity index (χ4n) is 2.64. The molecule has 1 aliphatic carbocycles. The van der Waals surface area contributed by atoms with Crippen LogP contribution in [0, 0.1) is 12.8 Å². The lowest BCUT2D eigenvalue weighted by Gasteiger charge is -2.02. The van der Waals surface area contributed by atoms with Crippen molar-refractivity contribution in [3.63, 3.8) is 0 Å². The van der Waals surface area contributed by atoms with Crippen LogP contribution in [0.15, 0.2) is 36.7 Å². The van der Waals surface area contributed by atoms with Crippen molar-refractivity contribution in [3.8, 4) is 11.1 Å². The molecule has 2 heterocycles. The standard InChI is InChI=1S/C17H14FN3O2S/c1-9-4-5-21(23)8-12(9)10-2-3-14-15(6-10)24-17(19-14)20-16(22)11-7-13(11)18/h2-6,8,11,13H,7H2,1H3,(H-,19,20,22,23)/p+1/t11-,13+/m1/s1. The minimum Gasteiger partial charge on any atom is -0.302 e. The van der Waals surface area contributed by atoms with E-state index in [0.29, 0.717) is 11.6 Å². The number of aromatic nitrogens is 2. The highest BCUT2D eigenvalue weighted by Gasteiger charge is 2.43. The van der Waals surface area contributed by atoms with Crippen molar-refractivity contribution in [3.05, 3.63) is 42.2 Å². The van der Waals surface area contributed by atoms with Crippen LogP contribution in [0.2, 0.25) is 0 Å². The zero-order chi connectivity index (χ0) is 16.8. The number of fused-ring (bicyclic) bond motifs is 1. The van der Waals surface area contributed by atoms with E-state index in [9.17, 15) is 14.4 Å². The fourth-order valence-corrected chi connectivity index (χ4v) is 3.54. The molecule has 122 valence electrons. The van der Waals surface area contributed by atoms with E-state index in [1.807, 2.05) is 31.2 Å². The lowest BCUT2D eigenvalue weighted by Crippen LogP contribution is -2.28. The van der Waals surface area contributed by atoms with Gasteiger partial charge < -0.3 is 5.32 Å². The molecule has 5 nitrogen and oxygen atoms in total. The van der Waals surface area contributed by atoms with Crippen LogP contribution in [-0.2, 0) is 4.79 Å². The number of benzene rings is 1. The van der Waals surface area contributed by atoms with Crippen LogP contribution < -0.4 is 10.0 Å². The highest BCUT2D eigenvalue weighted by molar-refractivity contribution is 7.22. The van der Waals surface area contributed by atoms with Gasteiger partial charge in [-0.2, -0.15) is 0 Å². The van der Waals surface area contributed by atoms with Gasteiger partial charge in [0.15, 0.2) is 5.13 Å². The number of hydrogen-bond acceptors (Lipinski definition) is 4. The zero-order valence-corrected chi connectivity index (χ0v) is 13.7. The van der Waals surface area contributed by atoms with Gasteiger partial charge in [0, 0.05) is 10.8 Å². The number of halogens is 1. The molecule has 7 heteroatoms. The number of nitrogens with one attached hydrogen (secondary N) is 1. The van der Waals surface area contributed by atoms with Gasteiger partial charge in [-0.3, -0.25) is 10.0 Å². The van der Waals surface area contributed by atoms with Crippen LogP contribution in [-0.4, -0.2) is 22.3 Å². The molecular weight excluding hydrogens is 329 g/mol. The van der Waals surface area contributed by atoms with E-state index < -0.39 is 12.1 Å². The third kappa shape index (κ3) is 2.71. The fraction of sp³-hybridized carbons (Fsp3) is 0.235. The number of alkyl halides is 1. The Hall–Kier alpha value is -2.54. The molecule has 1 aromatic carbocycles. The van der Waals surface area contributed by atoms with Crippen molar-refractivity contribution in [2.24, 2.45) is 5.92 Å². The lowest BCUT2D eigenvalue weighted by atomic mass is 10.0. The third-order valence-corrected chi connectivity index (χ3v) is 5.08. The number of carbonyl (C=O) groups excluding carboxylic acids is 1. The Morgan fingerprint density at radius 1 is 1.46 bits per heavy atom. The summed E-state index contributed by atoms with van der Waals surface area (Å²) in [7, 11) is 0. The van der Waals surface area contributed by atoms with Crippen LogP contribution in [0.25, 0.3) is 21.3 Å². The SMILES string of the molecule is Cc1cc[n+](O)cc1-c1ccc2nc(NC(=O)[C@@H]3C[C@@H]3F)sc2c1. The molecule has 4 rings (SSSR count). The van der Waals surface area contributed by atoms with Gasteiger partial charge in [-0.1, -0.05) is 17.4 Å². The summed E-state index contributed by atoms with van der Waals surface area (Å²) in [6.07, 6.45) is 2.51. The Morgan fingerprint density at radius 3 is 3.00 bits per heavy atom. The number of rotatable bonds is 3. The number of amides is 1. The number of anilines is 1. The minimum absolute atomic E-state index is 0.301. The van der Waals surface area contributed by atoms with Crippen molar-refractivity contribution < 1.29 is 19.1 Å². The predicted molar refractivity (Wildman–Crippen MR) is 88.8 cm³/mol. The van der Waals surface area contributed by atoms with Gasteiger partial charge in [0.05, 0.1) is 21.7 Å². The monoisotopic (exact) mass is 344 g/mol. The zero-order valence-electron chi connectivity index (χ0n) is 12.9. The smallest absolute Gasteiger partial charge is 0.232 e. The minimum atomic E-state index is -1.02. The second kappa shape index (κ2) is 5.52. The summed E-state index contributed by atoms with van der Waals surface area (Å²) in [5, 5.41) is 12.8.